The van der Waals surface area contributed by atoms with Gasteiger partial charge in [-0.2, -0.15) is 0 Å². The second-order valence-electron chi connectivity index (χ2n) is 6.93. The van der Waals surface area contributed by atoms with Crippen LogP contribution in [0.4, 0.5) is 10.1 Å². The number of hydrogen-bond donors (Lipinski definition) is 2. The number of aliphatic imine (C=N–C) groups is 1. The van der Waals surface area contributed by atoms with Crippen molar-refractivity contribution >= 4 is 17.6 Å². The summed E-state index contributed by atoms with van der Waals surface area (Å²) in [5.74, 6) is 0.584. The summed E-state index contributed by atoms with van der Waals surface area (Å²) in [7, 11) is 1.72. The number of piperazine rings is 1. The molecule has 0 bridgehead atoms. The van der Waals surface area contributed by atoms with E-state index in [4.69, 9.17) is 0 Å². The number of guanidine groups is 1. The van der Waals surface area contributed by atoms with E-state index in [-0.39, 0.29) is 11.7 Å². The van der Waals surface area contributed by atoms with Crippen molar-refractivity contribution in [1.29, 1.82) is 0 Å². The van der Waals surface area contributed by atoms with Gasteiger partial charge in [0.2, 0.25) is 5.91 Å². The third-order valence-corrected chi connectivity index (χ3v) is 4.98. The van der Waals surface area contributed by atoms with Crippen LogP contribution in [0, 0.1) is 5.82 Å². The fraction of sp³-hybridized carbons (Fsp3) is 0.364. The molecule has 7 heteroatoms. The van der Waals surface area contributed by atoms with Gasteiger partial charge in [-0.05, 0) is 29.8 Å². The summed E-state index contributed by atoms with van der Waals surface area (Å²) in [4.78, 5) is 20.8. The monoisotopic (exact) mass is 397 g/mol. The first kappa shape index (κ1) is 20.6. The fourth-order valence-electron chi connectivity index (χ4n) is 3.31. The average molecular weight is 397 g/mol. The summed E-state index contributed by atoms with van der Waals surface area (Å²) in [6.07, 6.45) is 0.419. The Hall–Kier alpha value is -3.09. The molecule has 0 unspecified atom stereocenters. The summed E-state index contributed by atoms with van der Waals surface area (Å²) < 4.78 is 13.1. The Balaban J connectivity index is 1.36. The van der Waals surface area contributed by atoms with Crippen molar-refractivity contribution < 1.29 is 9.18 Å². The molecule has 29 heavy (non-hydrogen) atoms. The smallest absolute Gasteiger partial charge is 0.224 e. The van der Waals surface area contributed by atoms with Crippen molar-refractivity contribution in [2.45, 2.75) is 13.0 Å². The number of rotatable bonds is 6. The minimum absolute atomic E-state index is 0.134. The highest BCUT2D eigenvalue weighted by Crippen LogP contribution is 2.17. The summed E-state index contributed by atoms with van der Waals surface area (Å²) >= 11 is 0. The molecule has 154 valence electrons. The van der Waals surface area contributed by atoms with Crippen molar-refractivity contribution in [3.05, 3.63) is 66.0 Å². The second kappa shape index (κ2) is 10.5. The zero-order valence-corrected chi connectivity index (χ0v) is 16.8. The summed E-state index contributed by atoms with van der Waals surface area (Å²) in [6, 6.07) is 16.6. The van der Waals surface area contributed by atoms with Crippen molar-refractivity contribution in [3.8, 4) is 0 Å². The molecule has 1 heterocycles. The first-order chi connectivity index (χ1) is 14.2. The van der Waals surface area contributed by atoms with E-state index in [1.807, 2.05) is 23.1 Å². The number of benzene rings is 2. The minimum Gasteiger partial charge on any atom is -0.368 e. The Morgan fingerprint density at radius 2 is 1.69 bits per heavy atom. The van der Waals surface area contributed by atoms with Gasteiger partial charge in [0.1, 0.15) is 5.82 Å². The zero-order chi connectivity index (χ0) is 20.5. The largest absolute Gasteiger partial charge is 0.368 e. The lowest BCUT2D eigenvalue weighted by atomic mass is 10.2. The molecule has 2 aromatic rings. The van der Waals surface area contributed by atoms with Crippen molar-refractivity contribution in [2.24, 2.45) is 4.99 Å². The molecule has 1 aliphatic rings. The van der Waals surface area contributed by atoms with Crippen LogP contribution in [0.3, 0.4) is 0 Å². The highest BCUT2D eigenvalue weighted by atomic mass is 19.1. The third-order valence-electron chi connectivity index (χ3n) is 4.98. The molecule has 0 aliphatic carbocycles. The second-order valence-corrected chi connectivity index (χ2v) is 6.93. The van der Waals surface area contributed by atoms with E-state index in [0.717, 1.165) is 18.8 Å². The van der Waals surface area contributed by atoms with E-state index in [2.05, 4.69) is 32.7 Å². The molecule has 6 nitrogen and oxygen atoms in total. The molecule has 1 aliphatic heterocycles. The van der Waals surface area contributed by atoms with Crippen LogP contribution in [0.1, 0.15) is 12.0 Å². The van der Waals surface area contributed by atoms with Gasteiger partial charge in [-0.3, -0.25) is 9.79 Å². The zero-order valence-electron chi connectivity index (χ0n) is 16.8. The Bertz CT molecular complexity index is 802. The van der Waals surface area contributed by atoms with Gasteiger partial charge >= 0.3 is 0 Å². The van der Waals surface area contributed by atoms with Gasteiger partial charge in [-0.1, -0.05) is 30.3 Å². The highest BCUT2D eigenvalue weighted by molar-refractivity contribution is 5.81. The van der Waals surface area contributed by atoms with Crippen LogP contribution in [0.25, 0.3) is 0 Å². The maximum absolute atomic E-state index is 13.1. The molecule has 1 amide bonds. The lowest BCUT2D eigenvalue weighted by molar-refractivity contribution is -0.131. The van der Waals surface area contributed by atoms with Gasteiger partial charge in [-0.15, -0.1) is 0 Å². The maximum Gasteiger partial charge on any atom is 0.224 e. The van der Waals surface area contributed by atoms with E-state index >= 15 is 0 Å². The van der Waals surface area contributed by atoms with E-state index in [9.17, 15) is 9.18 Å². The number of anilines is 1. The number of halogens is 1. The van der Waals surface area contributed by atoms with Gasteiger partial charge in [0, 0.05) is 58.4 Å². The lowest BCUT2D eigenvalue weighted by Gasteiger charge is -2.36. The van der Waals surface area contributed by atoms with E-state index < -0.39 is 0 Å². The molecular formula is C22H28FN5O. The summed E-state index contributed by atoms with van der Waals surface area (Å²) in [5.41, 5.74) is 2.17. The van der Waals surface area contributed by atoms with Gasteiger partial charge in [0.05, 0.1) is 0 Å². The number of hydrogen-bond acceptors (Lipinski definition) is 3. The molecule has 1 fully saturated rings. The first-order valence-corrected chi connectivity index (χ1v) is 9.92. The van der Waals surface area contributed by atoms with E-state index in [1.54, 1.807) is 19.2 Å². The molecule has 0 spiro atoms. The molecule has 0 aromatic heterocycles. The van der Waals surface area contributed by atoms with Crippen LogP contribution >= 0.6 is 0 Å². The normalized spacial score (nSPS) is 14.6. The Kier molecular flexibility index (Phi) is 7.44. The van der Waals surface area contributed by atoms with Gasteiger partial charge in [0.25, 0.3) is 0 Å². The van der Waals surface area contributed by atoms with Crippen LogP contribution < -0.4 is 15.5 Å². The number of amides is 1. The number of nitrogens with one attached hydrogen (secondary N) is 2. The molecule has 0 radical (unpaired) electrons. The first-order valence-electron chi connectivity index (χ1n) is 9.92. The predicted octanol–water partition coefficient (Wildman–Crippen LogP) is 2.23. The molecule has 2 aromatic carbocycles. The van der Waals surface area contributed by atoms with Gasteiger partial charge in [0.15, 0.2) is 5.96 Å². The quantitative estimate of drug-likeness (QED) is 0.580. The van der Waals surface area contributed by atoms with Crippen molar-refractivity contribution in [1.82, 2.24) is 15.5 Å². The highest BCUT2D eigenvalue weighted by Gasteiger charge is 2.21. The molecular weight excluding hydrogens is 369 g/mol. The van der Waals surface area contributed by atoms with Crippen molar-refractivity contribution in [2.75, 3.05) is 44.7 Å². The van der Waals surface area contributed by atoms with Gasteiger partial charge in [-0.25, -0.2) is 4.39 Å². The summed E-state index contributed by atoms with van der Waals surface area (Å²) in [6.45, 7) is 4.08. The minimum atomic E-state index is -0.233. The molecule has 3 rings (SSSR count). The fourth-order valence-corrected chi connectivity index (χ4v) is 3.31. The average Bonchev–Trinajstić information content (AvgIpc) is 2.77. The number of carbonyl (C=O) groups excluding carboxylic acids is 1. The topological polar surface area (TPSA) is 60.0 Å². The van der Waals surface area contributed by atoms with Crippen LogP contribution in [-0.2, 0) is 11.3 Å². The predicted molar refractivity (Wildman–Crippen MR) is 114 cm³/mol. The van der Waals surface area contributed by atoms with Crippen LogP contribution in [0.2, 0.25) is 0 Å². The lowest BCUT2D eigenvalue weighted by Crippen LogP contribution is -2.49. The molecule has 2 N–H and O–H groups in total. The summed E-state index contributed by atoms with van der Waals surface area (Å²) in [5, 5.41) is 6.44. The van der Waals surface area contributed by atoms with Crippen molar-refractivity contribution in [3.63, 3.8) is 0 Å². The Labute approximate surface area is 171 Å². The Morgan fingerprint density at radius 1 is 1.00 bits per heavy atom. The van der Waals surface area contributed by atoms with E-state index in [1.165, 1.54) is 17.7 Å². The molecule has 1 saturated heterocycles. The standard InChI is InChI=1S/C22H28FN5O/c1-24-22(26-17-18-5-3-2-4-6-18)25-12-11-21(29)28-15-13-27(14-16-28)20-9-7-19(23)8-10-20/h2-10H,11-17H2,1H3,(H2,24,25,26). The molecule has 0 atom stereocenters. The number of carbonyl (C=O) groups is 1. The third kappa shape index (κ3) is 6.20. The number of nitrogens with zero attached hydrogens (tertiary/aromatic N) is 3. The SMILES string of the molecule is CN=C(NCCC(=O)N1CCN(c2ccc(F)cc2)CC1)NCc1ccccc1. The van der Waals surface area contributed by atoms with Gasteiger partial charge < -0.3 is 20.4 Å². The van der Waals surface area contributed by atoms with Crippen LogP contribution in [-0.4, -0.2) is 56.5 Å². The maximum atomic E-state index is 13.1. The Morgan fingerprint density at radius 3 is 2.34 bits per heavy atom. The van der Waals surface area contributed by atoms with E-state index in [0.29, 0.717) is 38.6 Å². The van der Waals surface area contributed by atoms with Crippen LogP contribution in [0.5, 0.6) is 0 Å². The van der Waals surface area contributed by atoms with Crippen LogP contribution in [0.15, 0.2) is 59.6 Å². The molecule has 0 saturated carbocycles.